The Kier molecular flexibility index (Phi) is 4.62. The average Bonchev–Trinajstić information content (AvgIpc) is 2.75. The fourth-order valence-corrected chi connectivity index (χ4v) is 2.98. The minimum Gasteiger partial charge on any atom is -0.460 e. The van der Waals surface area contributed by atoms with Crippen molar-refractivity contribution >= 4 is 29.2 Å². The van der Waals surface area contributed by atoms with E-state index in [0.717, 1.165) is 5.56 Å². The van der Waals surface area contributed by atoms with E-state index in [1.807, 2.05) is 26.8 Å². The Hall–Kier alpha value is -0.770. The normalized spacial score (nSPS) is 22.9. The number of carbonyl (C=O) groups is 1. The summed E-state index contributed by atoms with van der Waals surface area (Å²) in [5, 5.41) is 4.43. The fraction of sp³-hybridized carbons (Fsp3) is 0.533. The second-order valence-electron chi connectivity index (χ2n) is 6.07. The van der Waals surface area contributed by atoms with E-state index in [1.165, 1.54) is 0 Å². The average molecular weight is 316 g/mol. The molecule has 0 saturated carbocycles. The Morgan fingerprint density at radius 2 is 2.00 bits per heavy atom. The minimum absolute atomic E-state index is 0.0228. The zero-order valence-electron chi connectivity index (χ0n) is 11.9. The molecule has 0 radical (unpaired) electrons. The van der Waals surface area contributed by atoms with E-state index in [9.17, 15) is 4.79 Å². The Balaban J connectivity index is 2.21. The number of ether oxygens (including phenoxy) is 1. The summed E-state index contributed by atoms with van der Waals surface area (Å²) >= 11 is 12.2. The molecule has 1 aromatic carbocycles. The highest BCUT2D eigenvalue weighted by Crippen LogP contribution is 2.35. The zero-order chi connectivity index (χ0) is 14.9. The van der Waals surface area contributed by atoms with Gasteiger partial charge in [0.15, 0.2) is 0 Å². The topological polar surface area (TPSA) is 38.3 Å². The third-order valence-corrected chi connectivity index (χ3v) is 3.85. The van der Waals surface area contributed by atoms with Crippen molar-refractivity contribution in [2.75, 3.05) is 13.1 Å². The summed E-state index contributed by atoms with van der Waals surface area (Å²) < 4.78 is 5.49. The molecule has 1 aliphatic heterocycles. The molecule has 0 amide bonds. The molecule has 1 fully saturated rings. The van der Waals surface area contributed by atoms with Crippen molar-refractivity contribution in [3.8, 4) is 0 Å². The summed E-state index contributed by atoms with van der Waals surface area (Å²) in [4.78, 5) is 12.3. The molecule has 1 saturated heterocycles. The molecule has 5 heteroatoms. The molecule has 110 valence electrons. The van der Waals surface area contributed by atoms with Gasteiger partial charge in [0.05, 0.1) is 5.92 Å². The predicted molar refractivity (Wildman–Crippen MR) is 81.4 cm³/mol. The van der Waals surface area contributed by atoms with Crippen LogP contribution in [0.5, 0.6) is 0 Å². The zero-order valence-corrected chi connectivity index (χ0v) is 13.4. The van der Waals surface area contributed by atoms with E-state index >= 15 is 0 Å². The van der Waals surface area contributed by atoms with Crippen LogP contribution in [0.25, 0.3) is 0 Å². The lowest BCUT2D eigenvalue weighted by atomic mass is 9.89. The number of carbonyl (C=O) groups excluding carboxylic acids is 1. The summed E-state index contributed by atoms with van der Waals surface area (Å²) in [5.74, 6) is -0.374. The van der Waals surface area contributed by atoms with Crippen molar-refractivity contribution < 1.29 is 9.53 Å². The van der Waals surface area contributed by atoms with Gasteiger partial charge in [0, 0.05) is 29.1 Å². The third kappa shape index (κ3) is 3.66. The van der Waals surface area contributed by atoms with Gasteiger partial charge < -0.3 is 10.1 Å². The van der Waals surface area contributed by atoms with Gasteiger partial charge in [-0.2, -0.15) is 0 Å². The highest BCUT2D eigenvalue weighted by Gasteiger charge is 2.37. The van der Waals surface area contributed by atoms with E-state index in [-0.39, 0.29) is 17.8 Å². The highest BCUT2D eigenvalue weighted by atomic mass is 35.5. The van der Waals surface area contributed by atoms with E-state index in [4.69, 9.17) is 27.9 Å². The Labute approximate surface area is 129 Å². The van der Waals surface area contributed by atoms with Crippen molar-refractivity contribution in [3.05, 3.63) is 33.8 Å². The lowest BCUT2D eigenvalue weighted by Gasteiger charge is -2.25. The first-order valence-electron chi connectivity index (χ1n) is 6.66. The molecule has 0 aromatic heterocycles. The molecule has 1 heterocycles. The Bertz CT molecular complexity index is 511. The number of hydrogen-bond donors (Lipinski definition) is 1. The van der Waals surface area contributed by atoms with Crippen molar-refractivity contribution in [2.45, 2.75) is 32.3 Å². The van der Waals surface area contributed by atoms with Crippen molar-refractivity contribution in [1.82, 2.24) is 5.32 Å². The van der Waals surface area contributed by atoms with Gasteiger partial charge in [-0.05, 0) is 38.5 Å². The van der Waals surface area contributed by atoms with Crippen LogP contribution in [0.2, 0.25) is 10.0 Å². The summed E-state index contributed by atoms with van der Waals surface area (Å²) in [6.45, 7) is 6.94. The van der Waals surface area contributed by atoms with Crippen LogP contribution in [-0.4, -0.2) is 24.7 Å². The molecule has 2 atom stereocenters. The third-order valence-electron chi connectivity index (χ3n) is 3.29. The monoisotopic (exact) mass is 315 g/mol. The molecule has 20 heavy (non-hydrogen) atoms. The van der Waals surface area contributed by atoms with Gasteiger partial charge in [-0.25, -0.2) is 0 Å². The summed E-state index contributed by atoms with van der Waals surface area (Å²) in [7, 11) is 0. The molecule has 2 rings (SSSR count). The van der Waals surface area contributed by atoms with Crippen LogP contribution in [0, 0.1) is 5.92 Å². The van der Waals surface area contributed by atoms with Crippen molar-refractivity contribution in [2.24, 2.45) is 5.92 Å². The van der Waals surface area contributed by atoms with Crippen LogP contribution in [0.4, 0.5) is 0 Å². The van der Waals surface area contributed by atoms with Gasteiger partial charge in [0.25, 0.3) is 0 Å². The first-order chi connectivity index (χ1) is 9.28. The maximum absolute atomic E-state index is 12.3. The van der Waals surface area contributed by atoms with Crippen molar-refractivity contribution in [3.63, 3.8) is 0 Å². The van der Waals surface area contributed by atoms with E-state index < -0.39 is 5.60 Å². The standard InChI is InChI=1S/C15H19Cl2NO2/c1-15(2,3)20-14(19)12-8-18-7-11(12)10-5-4-9(16)6-13(10)17/h4-6,11-12,18H,7-8H2,1-3H3. The van der Waals surface area contributed by atoms with Crippen LogP contribution in [0.1, 0.15) is 32.3 Å². The molecule has 1 aliphatic rings. The van der Waals surface area contributed by atoms with Crippen LogP contribution in [0.3, 0.4) is 0 Å². The van der Waals surface area contributed by atoms with Gasteiger partial charge in [-0.3, -0.25) is 4.79 Å². The molecule has 1 aromatic rings. The summed E-state index contributed by atoms with van der Waals surface area (Å²) in [6.07, 6.45) is 0. The van der Waals surface area contributed by atoms with Gasteiger partial charge >= 0.3 is 5.97 Å². The van der Waals surface area contributed by atoms with Crippen LogP contribution in [-0.2, 0) is 9.53 Å². The highest BCUT2D eigenvalue weighted by molar-refractivity contribution is 6.35. The number of rotatable bonds is 2. The maximum atomic E-state index is 12.3. The van der Waals surface area contributed by atoms with Gasteiger partial charge in [0.1, 0.15) is 5.60 Å². The molecule has 3 nitrogen and oxygen atoms in total. The van der Waals surface area contributed by atoms with Gasteiger partial charge in [0.2, 0.25) is 0 Å². The number of hydrogen-bond acceptors (Lipinski definition) is 3. The lowest BCUT2D eigenvalue weighted by molar-refractivity contribution is -0.159. The molecule has 0 aliphatic carbocycles. The number of halogens is 2. The Morgan fingerprint density at radius 3 is 2.60 bits per heavy atom. The fourth-order valence-electron chi connectivity index (χ4n) is 2.43. The SMILES string of the molecule is CC(C)(C)OC(=O)C1CNCC1c1ccc(Cl)cc1Cl. The van der Waals surface area contributed by atoms with Crippen LogP contribution < -0.4 is 5.32 Å². The smallest absolute Gasteiger partial charge is 0.311 e. The molecular formula is C15H19Cl2NO2. The van der Waals surface area contributed by atoms with Crippen LogP contribution >= 0.6 is 23.2 Å². The van der Waals surface area contributed by atoms with Crippen LogP contribution in [0.15, 0.2) is 18.2 Å². The largest absolute Gasteiger partial charge is 0.460 e. The lowest BCUT2D eigenvalue weighted by Crippen LogP contribution is -2.31. The Morgan fingerprint density at radius 1 is 1.30 bits per heavy atom. The van der Waals surface area contributed by atoms with E-state index in [1.54, 1.807) is 12.1 Å². The minimum atomic E-state index is -0.478. The van der Waals surface area contributed by atoms with Gasteiger partial charge in [-0.15, -0.1) is 0 Å². The van der Waals surface area contributed by atoms with E-state index in [0.29, 0.717) is 23.1 Å². The first-order valence-corrected chi connectivity index (χ1v) is 7.42. The number of benzene rings is 1. The van der Waals surface area contributed by atoms with E-state index in [2.05, 4.69) is 5.32 Å². The maximum Gasteiger partial charge on any atom is 0.311 e. The first kappa shape index (κ1) is 15.6. The quantitative estimate of drug-likeness (QED) is 0.847. The summed E-state index contributed by atoms with van der Waals surface area (Å²) in [5.41, 5.74) is 0.463. The molecule has 1 N–H and O–H groups in total. The second kappa shape index (κ2) is 5.92. The molecule has 0 bridgehead atoms. The van der Waals surface area contributed by atoms with Gasteiger partial charge in [-0.1, -0.05) is 29.3 Å². The number of nitrogens with one attached hydrogen (secondary N) is 1. The predicted octanol–water partition coefficient (Wildman–Crippen LogP) is 3.64. The molecule has 2 unspecified atom stereocenters. The second-order valence-corrected chi connectivity index (χ2v) is 6.91. The molecular weight excluding hydrogens is 297 g/mol. The summed E-state index contributed by atoms with van der Waals surface area (Å²) in [6, 6.07) is 5.40. The number of esters is 1. The van der Waals surface area contributed by atoms with Crippen molar-refractivity contribution in [1.29, 1.82) is 0 Å². The molecule has 0 spiro atoms.